The largest absolute Gasteiger partial charge is 0.381 e. The molecule has 1 aliphatic rings. The molecule has 0 radical (unpaired) electrons. The van der Waals surface area contributed by atoms with Gasteiger partial charge in [0.1, 0.15) is 4.90 Å². The Bertz CT molecular complexity index is 756. The summed E-state index contributed by atoms with van der Waals surface area (Å²) in [6, 6.07) is 15.4. The van der Waals surface area contributed by atoms with Crippen LogP contribution in [-0.2, 0) is 22.9 Å². The first kappa shape index (κ1) is 14.1. The van der Waals surface area contributed by atoms with E-state index in [4.69, 9.17) is 5.14 Å². The molecule has 0 aliphatic heterocycles. The van der Waals surface area contributed by atoms with Gasteiger partial charge in [-0.3, -0.25) is 0 Å². The van der Waals surface area contributed by atoms with E-state index in [9.17, 15) is 8.42 Å². The number of sulfonamides is 1. The van der Waals surface area contributed by atoms with Crippen LogP contribution in [0.3, 0.4) is 0 Å². The van der Waals surface area contributed by atoms with Gasteiger partial charge in [-0.2, -0.15) is 0 Å². The molecule has 1 aliphatic carbocycles. The van der Waals surface area contributed by atoms with E-state index < -0.39 is 10.0 Å². The number of fused-ring (bicyclic) bond motifs is 1. The van der Waals surface area contributed by atoms with E-state index in [-0.39, 0.29) is 10.9 Å². The summed E-state index contributed by atoms with van der Waals surface area (Å²) in [6.45, 7) is 0. The van der Waals surface area contributed by atoms with Crippen molar-refractivity contribution >= 4 is 15.7 Å². The zero-order valence-corrected chi connectivity index (χ0v) is 12.4. The van der Waals surface area contributed by atoms with Gasteiger partial charge in [-0.1, -0.05) is 36.4 Å². The average Bonchev–Trinajstić information content (AvgIpc) is 2.46. The molecule has 3 rings (SSSR count). The highest BCUT2D eigenvalue weighted by atomic mass is 32.2. The normalized spacial score (nSPS) is 18.0. The Kier molecular flexibility index (Phi) is 3.69. The van der Waals surface area contributed by atoms with Crippen LogP contribution in [0.5, 0.6) is 0 Å². The van der Waals surface area contributed by atoms with Gasteiger partial charge in [0.15, 0.2) is 0 Å². The average molecular weight is 302 g/mol. The molecule has 5 heteroatoms. The summed E-state index contributed by atoms with van der Waals surface area (Å²) >= 11 is 0. The lowest BCUT2D eigenvalue weighted by atomic mass is 9.88. The van der Waals surface area contributed by atoms with E-state index in [0.29, 0.717) is 5.69 Å². The fourth-order valence-corrected chi connectivity index (χ4v) is 3.58. The van der Waals surface area contributed by atoms with Crippen LogP contribution in [0.25, 0.3) is 0 Å². The first-order valence-corrected chi connectivity index (χ1v) is 8.54. The number of hydrogen-bond acceptors (Lipinski definition) is 3. The molecule has 0 amide bonds. The molecule has 0 saturated carbocycles. The number of rotatable bonds is 3. The van der Waals surface area contributed by atoms with E-state index in [2.05, 4.69) is 23.5 Å². The van der Waals surface area contributed by atoms with Crippen LogP contribution in [-0.4, -0.2) is 14.5 Å². The lowest BCUT2D eigenvalue weighted by Crippen LogP contribution is -2.28. The minimum Gasteiger partial charge on any atom is -0.381 e. The van der Waals surface area contributed by atoms with Crippen LogP contribution in [0.2, 0.25) is 0 Å². The molecule has 1 unspecified atom stereocenters. The number of nitrogens with two attached hydrogens (primary N) is 1. The summed E-state index contributed by atoms with van der Waals surface area (Å²) in [7, 11) is -3.71. The lowest BCUT2D eigenvalue weighted by Gasteiger charge is -2.27. The maximum Gasteiger partial charge on any atom is 0.240 e. The van der Waals surface area contributed by atoms with Gasteiger partial charge in [0.2, 0.25) is 10.0 Å². The summed E-state index contributed by atoms with van der Waals surface area (Å²) in [4.78, 5) is 0.156. The third kappa shape index (κ3) is 3.09. The SMILES string of the molecule is NS(=O)(=O)c1ccccc1NC1CCc2ccccc2C1. The fraction of sp³-hybridized carbons (Fsp3) is 0.250. The van der Waals surface area contributed by atoms with Crippen molar-refractivity contribution in [2.45, 2.75) is 30.2 Å². The summed E-state index contributed by atoms with van der Waals surface area (Å²) in [6.07, 6.45) is 2.89. The summed E-state index contributed by atoms with van der Waals surface area (Å²) < 4.78 is 23.3. The highest BCUT2D eigenvalue weighted by Crippen LogP contribution is 2.26. The number of benzene rings is 2. The molecule has 0 spiro atoms. The third-order valence-electron chi connectivity index (χ3n) is 3.90. The molecule has 2 aromatic carbocycles. The van der Waals surface area contributed by atoms with Gasteiger partial charge in [0.25, 0.3) is 0 Å². The first-order chi connectivity index (χ1) is 10.0. The molecule has 3 N–H and O–H groups in total. The van der Waals surface area contributed by atoms with Crippen LogP contribution in [0, 0.1) is 0 Å². The molecular formula is C16H18N2O2S. The Morgan fingerprint density at radius 1 is 1.00 bits per heavy atom. The standard InChI is InChI=1S/C16H18N2O2S/c17-21(19,20)16-8-4-3-7-15(16)18-14-10-9-12-5-1-2-6-13(12)11-14/h1-8,14,18H,9-11H2,(H2,17,19,20). The minimum atomic E-state index is -3.71. The fourth-order valence-electron chi connectivity index (χ4n) is 2.87. The topological polar surface area (TPSA) is 72.2 Å². The molecule has 0 aromatic heterocycles. The van der Waals surface area contributed by atoms with Gasteiger partial charge in [-0.15, -0.1) is 0 Å². The van der Waals surface area contributed by atoms with Gasteiger partial charge >= 0.3 is 0 Å². The second-order valence-corrected chi connectivity index (χ2v) is 6.92. The molecule has 0 fully saturated rings. The van der Waals surface area contributed by atoms with Crippen LogP contribution in [0.4, 0.5) is 5.69 Å². The maximum atomic E-state index is 11.6. The number of hydrogen-bond donors (Lipinski definition) is 2. The van der Waals surface area contributed by atoms with E-state index in [1.165, 1.54) is 17.2 Å². The number of aryl methyl sites for hydroxylation is 1. The minimum absolute atomic E-state index is 0.156. The van der Waals surface area contributed by atoms with E-state index in [1.54, 1.807) is 12.1 Å². The Morgan fingerprint density at radius 2 is 1.67 bits per heavy atom. The van der Waals surface area contributed by atoms with Gasteiger partial charge in [0.05, 0.1) is 5.69 Å². The van der Waals surface area contributed by atoms with E-state index in [0.717, 1.165) is 19.3 Å². The molecule has 2 aromatic rings. The smallest absolute Gasteiger partial charge is 0.240 e. The van der Waals surface area contributed by atoms with Gasteiger partial charge in [-0.25, -0.2) is 13.6 Å². The maximum absolute atomic E-state index is 11.6. The van der Waals surface area contributed by atoms with Crippen molar-refractivity contribution in [1.82, 2.24) is 0 Å². The van der Waals surface area contributed by atoms with Crippen molar-refractivity contribution in [2.24, 2.45) is 5.14 Å². The van der Waals surface area contributed by atoms with E-state index in [1.807, 2.05) is 12.1 Å². The van der Waals surface area contributed by atoms with Gasteiger partial charge < -0.3 is 5.32 Å². The quantitative estimate of drug-likeness (QED) is 0.914. The zero-order valence-electron chi connectivity index (χ0n) is 11.6. The van der Waals surface area contributed by atoms with Crippen LogP contribution in [0.1, 0.15) is 17.5 Å². The molecular weight excluding hydrogens is 284 g/mol. The van der Waals surface area contributed by atoms with Crippen LogP contribution in [0.15, 0.2) is 53.4 Å². The van der Waals surface area contributed by atoms with Crippen molar-refractivity contribution < 1.29 is 8.42 Å². The highest BCUT2D eigenvalue weighted by Gasteiger charge is 2.20. The van der Waals surface area contributed by atoms with Crippen molar-refractivity contribution in [3.63, 3.8) is 0 Å². The lowest BCUT2D eigenvalue weighted by molar-refractivity contribution is 0.595. The molecule has 0 bridgehead atoms. The summed E-state index contributed by atoms with van der Waals surface area (Å²) in [5.41, 5.74) is 3.30. The van der Waals surface area contributed by atoms with E-state index >= 15 is 0 Å². The molecule has 21 heavy (non-hydrogen) atoms. The summed E-state index contributed by atoms with van der Waals surface area (Å²) in [5, 5.41) is 8.61. The number of primary sulfonamides is 1. The Morgan fingerprint density at radius 3 is 2.43 bits per heavy atom. The highest BCUT2D eigenvalue weighted by molar-refractivity contribution is 7.89. The number of nitrogens with one attached hydrogen (secondary N) is 1. The van der Waals surface area contributed by atoms with Crippen molar-refractivity contribution in [3.05, 3.63) is 59.7 Å². The molecule has 0 heterocycles. The van der Waals surface area contributed by atoms with Crippen molar-refractivity contribution in [1.29, 1.82) is 0 Å². The second-order valence-electron chi connectivity index (χ2n) is 5.39. The molecule has 1 atom stereocenters. The Hall–Kier alpha value is -1.85. The first-order valence-electron chi connectivity index (χ1n) is 6.99. The second kappa shape index (κ2) is 5.50. The zero-order chi connectivity index (χ0) is 14.9. The third-order valence-corrected chi connectivity index (χ3v) is 4.87. The molecule has 0 saturated heterocycles. The van der Waals surface area contributed by atoms with Crippen LogP contribution >= 0.6 is 0 Å². The van der Waals surface area contributed by atoms with Crippen molar-refractivity contribution in [3.8, 4) is 0 Å². The predicted molar refractivity (Wildman–Crippen MR) is 83.7 cm³/mol. The monoisotopic (exact) mass is 302 g/mol. The Balaban J connectivity index is 1.83. The van der Waals surface area contributed by atoms with Crippen LogP contribution < -0.4 is 10.5 Å². The van der Waals surface area contributed by atoms with Crippen molar-refractivity contribution in [2.75, 3.05) is 5.32 Å². The van der Waals surface area contributed by atoms with Gasteiger partial charge in [-0.05, 0) is 42.5 Å². The Labute approximate surface area is 125 Å². The molecule has 110 valence electrons. The van der Waals surface area contributed by atoms with Gasteiger partial charge in [0, 0.05) is 6.04 Å². The predicted octanol–water partition coefficient (Wildman–Crippen LogP) is 2.30. The summed E-state index contributed by atoms with van der Waals surface area (Å²) in [5.74, 6) is 0. The number of para-hydroxylation sites is 1. The number of anilines is 1. The molecule has 4 nitrogen and oxygen atoms in total.